The minimum Gasteiger partial charge on any atom is -0.336 e. The fraction of sp³-hybridized carbons (Fsp3) is 0.316. The Labute approximate surface area is 154 Å². The highest BCUT2D eigenvalue weighted by Gasteiger charge is 2.30. The SMILES string of the molecule is CN(C)S(=O)(=O)N1CCN(C(=O)c2ccc(-c3ccccc3)cc2)CC1. The molecule has 0 spiro atoms. The van der Waals surface area contributed by atoms with Crippen molar-refractivity contribution in [2.75, 3.05) is 40.3 Å². The predicted octanol–water partition coefficient (Wildman–Crippen LogP) is 1.92. The Morgan fingerprint density at radius 1 is 0.846 bits per heavy atom. The molecule has 0 atom stereocenters. The van der Waals surface area contributed by atoms with Crippen molar-refractivity contribution in [3.8, 4) is 11.1 Å². The summed E-state index contributed by atoms with van der Waals surface area (Å²) in [6, 6.07) is 17.5. The van der Waals surface area contributed by atoms with Gasteiger partial charge < -0.3 is 4.90 Å². The topological polar surface area (TPSA) is 60.9 Å². The highest BCUT2D eigenvalue weighted by molar-refractivity contribution is 7.86. The number of rotatable bonds is 4. The summed E-state index contributed by atoms with van der Waals surface area (Å²) in [5, 5.41) is 0. The fourth-order valence-corrected chi connectivity index (χ4v) is 4.06. The Bertz CT molecular complexity index is 857. The van der Waals surface area contributed by atoms with Crippen LogP contribution in [0, 0.1) is 0 Å². The van der Waals surface area contributed by atoms with Gasteiger partial charge >= 0.3 is 0 Å². The molecule has 2 aromatic rings. The fourth-order valence-electron chi connectivity index (χ4n) is 2.97. The first-order chi connectivity index (χ1) is 12.4. The molecule has 26 heavy (non-hydrogen) atoms. The first-order valence-electron chi connectivity index (χ1n) is 8.52. The average Bonchev–Trinajstić information content (AvgIpc) is 2.68. The number of carbonyl (C=O) groups is 1. The van der Waals surface area contributed by atoms with E-state index in [1.165, 1.54) is 22.7 Å². The molecule has 1 saturated heterocycles. The second-order valence-corrected chi connectivity index (χ2v) is 8.57. The molecule has 1 aliphatic rings. The van der Waals surface area contributed by atoms with Crippen LogP contribution in [0.25, 0.3) is 11.1 Å². The van der Waals surface area contributed by atoms with Gasteiger partial charge in [0.05, 0.1) is 0 Å². The number of piperazine rings is 1. The van der Waals surface area contributed by atoms with Crippen LogP contribution in [-0.4, -0.2) is 68.1 Å². The summed E-state index contributed by atoms with van der Waals surface area (Å²) in [6.45, 7) is 1.42. The summed E-state index contributed by atoms with van der Waals surface area (Å²) < 4.78 is 26.9. The molecule has 1 heterocycles. The quantitative estimate of drug-likeness (QED) is 0.823. The summed E-state index contributed by atoms with van der Waals surface area (Å²) in [7, 11) is -0.391. The normalized spacial score (nSPS) is 16.0. The molecule has 7 heteroatoms. The van der Waals surface area contributed by atoms with Crippen molar-refractivity contribution in [2.45, 2.75) is 0 Å². The molecule has 0 bridgehead atoms. The lowest BCUT2D eigenvalue weighted by Gasteiger charge is -2.35. The largest absolute Gasteiger partial charge is 0.336 e. The van der Waals surface area contributed by atoms with Crippen molar-refractivity contribution in [1.29, 1.82) is 0 Å². The van der Waals surface area contributed by atoms with Gasteiger partial charge in [-0.05, 0) is 23.3 Å². The summed E-state index contributed by atoms with van der Waals surface area (Å²) in [5.74, 6) is -0.0634. The summed E-state index contributed by atoms with van der Waals surface area (Å²) in [4.78, 5) is 14.4. The van der Waals surface area contributed by atoms with Crippen molar-refractivity contribution in [3.05, 3.63) is 60.2 Å². The third-order valence-corrected chi connectivity index (χ3v) is 6.49. The zero-order valence-corrected chi connectivity index (χ0v) is 15.8. The minimum atomic E-state index is -3.42. The van der Waals surface area contributed by atoms with E-state index in [4.69, 9.17) is 0 Å². The lowest BCUT2D eigenvalue weighted by atomic mass is 10.0. The van der Waals surface area contributed by atoms with Crippen LogP contribution >= 0.6 is 0 Å². The standard InChI is InChI=1S/C19H23N3O3S/c1-20(2)26(24,25)22-14-12-21(13-15-22)19(23)18-10-8-17(9-11-18)16-6-4-3-5-7-16/h3-11H,12-15H2,1-2H3. The molecule has 0 unspecified atom stereocenters. The van der Waals surface area contributed by atoms with Gasteiger partial charge in [-0.2, -0.15) is 17.0 Å². The second-order valence-electron chi connectivity index (χ2n) is 6.42. The van der Waals surface area contributed by atoms with E-state index >= 15 is 0 Å². The number of hydrogen-bond donors (Lipinski definition) is 0. The predicted molar refractivity (Wildman–Crippen MR) is 102 cm³/mol. The van der Waals surface area contributed by atoms with Crippen LogP contribution in [-0.2, 0) is 10.2 Å². The number of nitrogens with zero attached hydrogens (tertiary/aromatic N) is 3. The lowest BCUT2D eigenvalue weighted by molar-refractivity contribution is 0.0695. The highest BCUT2D eigenvalue weighted by Crippen LogP contribution is 2.20. The van der Waals surface area contributed by atoms with E-state index in [0.717, 1.165) is 11.1 Å². The maximum Gasteiger partial charge on any atom is 0.281 e. The van der Waals surface area contributed by atoms with E-state index in [9.17, 15) is 13.2 Å². The Morgan fingerprint density at radius 3 is 1.92 bits per heavy atom. The van der Waals surface area contributed by atoms with Gasteiger partial charge in [-0.15, -0.1) is 0 Å². The van der Waals surface area contributed by atoms with Gasteiger partial charge in [0.2, 0.25) is 0 Å². The first-order valence-corrected chi connectivity index (χ1v) is 9.91. The van der Waals surface area contributed by atoms with Gasteiger partial charge in [0.1, 0.15) is 0 Å². The summed E-state index contributed by atoms with van der Waals surface area (Å²) in [6.07, 6.45) is 0. The van der Waals surface area contributed by atoms with Gasteiger partial charge in [-0.3, -0.25) is 4.79 Å². The third-order valence-electron chi connectivity index (χ3n) is 4.55. The molecule has 0 radical (unpaired) electrons. The zero-order valence-electron chi connectivity index (χ0n) is 15.0. The van der Waals surface area contributed by atoms with E-state index in [-0.39, 0.29) is 5.91 Å². The molecule has 1 amide bonds. The van der Waals surface area contributed by atoms with Crippen molar-refractivity contribution < 1.29 is 13.2 Å². The van der Waals surface area contributed by atoms with Crippen LogP contribution < -0.4 is 0 Å². The van der Waals surface area contributed by atoms with E-state index in [1.807, 2.05) is 54.6 Å². The van der Waals surface area contributed by atoms with E-state index in [0.29, 0.717) is 31.7 Å². The van der Waals surface area contributed by atoms with Crippen molar-refractivity contribution >= 4 is 16.1 Å². The molecule has 1 fully saturated rings. The Kier molecular flexibility index (Phi) is 5.41. The molecule has 2 aromatic carbocycles. The van der Waals surface area contributed by atoms with Crippen LogP contribution in [0.3, 0.4) is 0 Å². The monoisotopic (exact) mass is 373 g/mol. The van der Waals surface area contributed by atoms with Gasteiger partial charge in [-0.25, -0.2) is 0 Å². The van der Waals surface area contributed by atoms with Gasteiger partial charge in [0, 0.05) is 45.8 Å². The Morgan fingerprint density at radius 2 is 1.38 bits per heavy atom. The molecule has 3 rings (SSSR count). The van der Waals surface area contributed by atoms with E-state index in [1.54, 1.807) is 4.90 Å². The average molecular weight is 373 g/mol. The molecule has 6 nitrogen and oxygen atoms in total. The maximum absolute atomic E-state index is 12.7. The summed E-state index contributed by atoms with van der Waals surface area (Å²) >= 11 is 0. The van der Waals surface area contributed by atoms with Crippen LogP contribution in [0.5, 0.6) is 0 Å². The van der Waals surface area contributed by atoms with Crippen molar-refractivity contribution in [2.24, 2.45) is 0 Å². The van der Waals surface area contributed by atoms with E-state index in [2.05, 4.69) is 0 Å². The van der Waals surface area contributed by atoms with Crippen molar-refractivity contribution in [3.63, 3.8) is 0 Å². The number of benzene rings is 2. The van der Waals surface area contributed by atoms with Crippen LogP contribution in [0.1, 0.15) is 10.4 Å². The smallest absolute Gasteiger partial charge is 0.281 e. The molecule has 0 N–H and O–H groups in total. The van der Waals surface area contributed by atoms with Gasteiger partial charge in [0.15, 0.2) is 0 Å². The molecule has 1 aliphatic heterocycles. The van der Waals surface area contributed by atoms with Crippen LogP contribution in [0.4, 0.5) is 0 Å². The third kappa shape index (κ3) is 3.80. The molecular weight excluding hydrogens is 350 g/mol. The van der Waals surface area contributed by atoms with Crippen molar-refractivity contribution in [1.82, 2.24) is 13.5 Å². The first kappa shape index (κ1) is 18.6. The molecule has 138 valence electrons. The molecule has 0 aliphatic carbocycles. The maximum atomic E-state index is 12.7. The zero-order chi connectivity index (χ0) is 18.7. The molecule has 0 aromatic heterocycles. The number of amides is 1. The highest BCUT2D eigenvalue weighted by atomic mass is 32.2. The summed E-state index contributed by atoms with van der Waals surface area (Å²) in [5.41, 5.74) is 2.78. The molecular formula is C19H23N3O3S. The van der Waals surface area contributed by atoms with E-state index < -0.39 is 10.2 Å². The lowest BCUT2D eigenvalue weighted by Crippen LogP contribution is -2.53. The Hall–Kier alpha value is -2.22. The second kappa shape index (κ2) is 7.57. The van der Waals surface area contributed by atoms with Gasteiger partial charge in [0.25, 0.3) is 16.1 Å². The number of carbonyl (C=O) groups excluding carboxylic acids is 1. The van der Waals surface area contributed by atoms with Gasteiger partial charge in [-0.1, -0.05) is 42.5 Å². The van der Waals surface area contributed by atoms with Crippen LogP contribution in [0.2, 0.25) is 0 Å². The minimum absolute atomic E-state index is 0.0634. The molecule has 0 saturated carbocycles. The van der Waals surface area contributed by atoms with Crippen LogP contribution in [0.15, 0.2) is 54.6 Å². The Balaban J connectivity index is 1.66. The number of hydrogen-bond acceptors (Lipinski definition) is 3.